The summed E-state index contributed by atoms with van der Waals surface area (Å²) in [6.45, 7) is 12.5. The number of hydrogen-bond donors (Lipinski definition) is 0. The molecular formula is C16H26O. The van der Waals surface area contributed by atoms with E-state index in [0.29, 0.717) is 18.3 Å². The average Bonchev–Trinajstić information content (AvgIpc) is 2.22. The van der Waals surface area contributed by atoms with Gasteiger partial charge in [0.2, 0.25) is 0 Å². The maximum Gasteiger partial charge on any atom is 0.155 e. The van der Waals surface area contributed by atoms with Crippen LogP contribution in [-0.4, -0.2) is 5.78 Å². The second kappa shape index (κ2) is 6.18. The van der Waals surface area contributed by atoms with Crippen LogP contribution in [0.25, 0.3) is 0 Å². The van der Waals surface area contributed by atoms with E-state index < -0.39 is 0 Å². The van der Waals surface area contributed by atoms with Crippen LogP contribution < -0.4 is 0 Å². The highest BCUT2D eigenvalue weighted by Crippen LogP contribution is 2.48. The number of rotatable bonds is 6. The predicted octanol–water partition coefficient (Wildman–Crippen LogP) is 4.40. The summed E-state index contributed by atoms with van der Waals surface area (Å²) in [6, 6.07) is 0. The summed E-state index contributed by atoms with van der Waals surface area (Å²) in [5, 5.41) is 0. The van der Waals surface area contributed by atoms with Gasteiger partial charge in [-0.05, 0) is 56.4 Å². The molecule has 1 nitrogen and oxygen atoms in total. The third-order valence-electron chi connectivity index (χ3n) is 4.08. The molecule has 96 valence electrons. The van der Waals surface area contributed by atoms with Gasteiger partial charge in [-0.1, -0.05) is 32.1 Å². The van der Waals surface area contributed by atoms with Crippen molar-refractivity contribution in [2.45, 2.75) is 47.0 Å². The summed E-state index contributed by atoms with van der Waals surface area (Å²) >= 11 is 0. The minimum atomic E-state index is 0.208. The predicted molar refractivity (Wildman–Crippen MR) is 73.8 cm³/mol. The van der Waals surface area contributed by atoms with E-state index in [-0.39, 0.29) is 5.78 Å². The summed E-state index contributed by atoms with van der Waals surface area (Å²) in [7, 11) is 0. The van der Waals surface area contributed by atoms with Crippen LogP contribution in [0.15, 0.2) is 24.3 Å². The lowest BCUT2D eigenvalue weighted by molar-refractivity contribution is -0.118. The van der Waals surface area contributed by atoms with Crippen molar-refractivity contribution in [3.05, 3.63) is 24.3 Å². The summed E-state index contributed by atoms with van der Waals surface area (Å²) < 4.78 is 0. The summed E-state index contributed by atoms with van der Waals surface area (Å²) in [5.41, 5.74) is 1.38. The van der Waals surface area contributed by atoms with E-state index in [4.69, 9.17) is 0 Å². The molecule has 1 fully saturated rings. The van der Waals surface area contributed by atoms with Gasteiger partial charge in [-0.3, -0.25) is 4.79 Å². The van der Waals surface area contributed by atoms with Gasteiger partial charge in [0.1, 0.15) is 0 Å². The van der Waals surface area contributed by atoms with Crippen molar-refractivity contribution in [1.29, 1.82) is 0 Å². The lowest BCUT2D eigenvalue weighted by Crippen LogP contribution is -2.40. The van der Waals surface area contributed by atoms with Crippen molar-refractivity contribution in [2.24, 2.45) is 23.7 Å². The Morgan fingerprint density at radius 2 is 2.06 bits per heavy atom. The molecule has 1 heteroatoms. The number of ketones is 1. The zero-order valence-electron chi connectivity index (χ0n) is 11.7. The van der Waals surface area contributed by atoms with E-state index in [1.54, 1.807) is 0 Å². The molecule has 1 rings (SSSR count). The first-order valence-electron chi connectivity index (χ1n) is 6.74. The molecule has 17 heavy (non-hydrogen) atoms. The molecule has 0 aliphatic heterocycles. The second-order valence-electron chi connectivity index (χ2n) is 5.96. The minimum Gasteiger partial charge on any atom is -0.295 e. The first-order valence-corrected chi connectivity index (χ1v) is 6.74. The molecule has 0 radical (unpaired) electrons. The molecule has 0 bridgehead atoms. The van der Waals surface area contributed by atoms with Gasteiger partial charge in [0.15, 0.2) is 5.78 Å². The number of hydrogen-bond acceptors (Lipinski definition) is 1. The molecule has 1 aliphatic carbocycles. The minimum absolute atomic E-state index is 0.208. The lowest BCUT2D eigenvalue weighted by Gasteiger charge is -2.47. The first kappa shape index (κ1) is 14.2. The zero-order valence-corrected chi connectivity index (χ0v) is 11.7. The van der Waals surface area contributed by atoms with Crippen molar-refractivity contribution in [3.8, 4) is 0 Å². The Morgan fingerprint density at radius 3 is 2.53 bits per heavy atom. The first-order chi connectivity index (χ1) is 7.95. The number of allylic oxidation sites excluding steroid dienone is 3. The van der Waals surface area contributed by atoms with Crippen LogP contribution in [0.3, 0.4) is 0 Å². The van der Waals surface area contributed by atoms with Gasteiger partial charge in [-0.25, -0.2) is 0 Å². The van der Waals surface area contributed by atoms with Crippen LogP contribution in [0, 0.1) is 23.7 Å². The van der Waals surface area contributed by atoms with Crippen molar-refractivity contribution < 1.29 is 4.79 Å². The van der Waals surface area contributed by atoms with Crippen molar-refractivity contribution in [1.82, 2.24) is 0 Å². The van der Waals surface area contributed by atoms with Gasteiger partial charge in [0.25, 0.3) is 0 Å². The SMILES string of the molecule is C=CC(=O)CC1CC(C(C)C)C1CC=C(C)C. The Kier molecular flexibility index (Phi) is 5.17. The Morgan fingerprint density at radius 1 is 1.41 bits per heavy atom. The molecule has 0 N–H and O–H groups in total. The molecule has 0 amide bonds. The maximum atomic E-state index is 11.4. The van der Waals surface area contributed by atoms with Crippen LogP contribution in [0.1, 0.15) is 47.0 Å². The van der Waals surface area contributed by atoms with E-state index in [1.165, 1.54) is 18.1 Å². The quantitative estimate of drug-likeness (QED) is 0.492. The molecule has 0 aromatic rings. The average molecular weight is 234 g/mol. The topological polar surface area (TPSA) is 17.1 Å². The normalized spacial score (nSPS) is 27.5. The van der Waals surface area contributed by atoms with Crippen LogP contribution >= 0.6 is 0 Å². The fraction of sp³-hybridized carbons (Fsp3) is 0.688. The number of carbonyl (C=O) groups excluding carboxylic acids is 1. The van der Waals surface area contributed by atoms with Crippen molar-refractivity contribution >= 4 is 5.78 Å². The molecule has 0 spiro atoms. The largest absolute Gasteiger partial charge is 0.295 e. The van der Waals surface area contributed by atoms with Gasteiger partial charge in [-0.2, -0.15) is 0 Å². The maximum absolute atomic E-state index is 11.4. The Bertz CT molecular complexity index is 307. The standard InChI is InChI=1S/C16H26O/c1-6-14(17)9-13-10-16(12(4)5)15(13)8-7-11(2)3/h6-7,12-13,15-16H,1,8-10H2,2-5H3. The van der Waals surface area contributed by atoms with Crippen LogP contribution in [0.5, 0.6) is 0 Å². The summed E-state index contributed by atoms with van der Waals surface area (Å²) in [5.74, 6) is 3.03. The molecule has 3 atom stereocenters. The van der Waals surface area contributed by atoms with Gasteiger partial charge >= 0.3 is 0 Å². The Hall–Kier alpha value is -0.850. The van der Waals surface area contributed by atoms with E-state index >= 15 is 0 Å². The fourth-order valence-electron chi connectivity index (χ4n) is 2.93. The second-order valence-corrected chi connectivity index (χ2v) is 5.96. The zero-order chi connectivity index (χ0) is 13.0. The molecule has 0 aromatic heterocycles. The third-order valence-corrected chi connectivity index (χ3v) is 4.08. The van der Waals surface area contributed by atoms with Crippen molar-refractivity contribution in [2.75, 3.05) is 0 Å². The molecule has 0 heterocycles. The molecule has 1 saturated carbocycles. The smallest absolute Gasteiger partial charge is 0.155 e. The van der Waals surface area contributed by atoms with E-state index in [1.807, 2.05) is 0 Å². The fourth-order valence-corrected chi connectivity index (χ4v) is 2.93. The third kappa shape index (κ3) is 3.83. The Labute approximate surface area is 106 Å². The summed E-state index contributed by atoms with van der Waals surface area (Å²) in [6.07, 6.45) is 6.86. The highest BCUT2D eigenvalue weighted by Gasteiger charge is 2.41. The van der Waals surface area contributed by atoms with Crippen LogP contribution in [0.2, 0.25) is 0 Å². The van der Waals surface area contributed by atoms with E-state index in [0.717, 1.165) is 18.3 Å². The molecule has 1 aliphatic rings. The van der Waals surface area contributed by atoms with Gasteiger partial charge < -0.3 is 0 Å². The highest BCUT2D eigenvalue weighted by molar-refractivity contribution is 5.89. The van der Waals surface area contributed by atoms with Gasteiger partial charge in [-0.15, -0.1) is 0 Å². The van der Waals surface area contributed by atoms with Crippen LogP contribution in [0.4, 0.5) is 0 Å². The van der Waals surface area contributed by atoms with E-state index in [2.05, 4.69) is 40.3 Å². The summed E-state index contributed by atoms with van der Waals surface area (Å²) in [4.78, 5) is 11.4. The Balaban J connectivity index is 2.58. The number of carbonyl (C=O) groups is 1. The van der Waals surface area contributed by atoms with Gasteiger partial charge in [0, 0.05) is 6.42 Å². The highest BCUT2D eigenvalue weighted by atomic mass is 16.1. The molecule has 0 saturated heterocycles. The van der Waals surface area contributed by atoms with E-state index in [9.17, 15) is 4.79 Å². The monoisotopic (exact) mass is 234 g/mol. The lowest BCUT2D eigenvalue weighted by atomic mass is 9.58. The molecule has 3 unspecified atom stereocenters. The van der Waals surface area contributed by atoms with Crippen molar-refractivity contribution in [3.63, 3.8) is 0 Å². The van der Waals surface area contributed by atoms with Gasteiger partial charge in [0.05, 0.1) is 0 Å². The molecule has 0 aromatic carbocycles. The van der Waals surface area contributed by atoms with Crippen LogP contribution in [-0.2, 0) is 4.79 Å². The molecular weight excluding hydrogens is 208 g/mol.